The van der Waals surface area contributed by atoms with Gasteiger partial charge in [-0.05, 0) is 19.1 Å². The Morgan fingerprint density at radius 2 is 2.06 bits per heavy atom. The minimum atomic E-state index is 0.296. The Hall–Kier alpha value is -2.04. The van der Waals surface area contributed by atoms with E-state index >= 15 is 0 Å². The van der Waals surface area contributed by atoms with Gasteiger partial charge in [-0.2, -0.15) is 5.10 Å². The van der Waals surface area contributed by atoms with Crippen molar-refractivity contribution in [2.45, 2.75) is 26.7 Å². The van der Waals surface area contributed by atoms with Gasteiger partial charge in [0, 0.05) is 17.7 Å². The first kappa shape index (κ1) is 12.4. The summed E-state index contributed by atoms with van der Waals surface area (Å²) in [6.45, 7) is 6.06. The first-order valence-corrected chi connectivity index (χ1v) is 5.90. The third-order valence-electron chi connectivity index (χ3n) is 2.73. The Morgan fingerprint density at radius 3 is 2.61 bits per heavy atom. The number of hydrogen-bond acceptors (Lipinski definition) is 4. The van der Waals surface area contributed by atoms with Crippen LogP contribution < -0.4 is 10.5 Å². The van der Waals surface area contributed by atoms with Crippen LogP contribution in [0.5, 0.6) is 5.75 Å². The molecule has 0 radical (unpaired) electrons. The summed E-state index contributed by atoms with van der Waals surface area (Å²) >= 11 is 0. The smallest absolute Gasteiger partial charge is 0.153 e. The van der Waals surface area contributed by atoms with Crippen molar-refractivity contribution in [1.82, 2.24) is 14.8 Å². The molecule has 1 aromatic carbocycles. The van der Waals surface area contributed by atoms with Gasteiger partial charge in [0.25, 0.3) is 0 Å². The number of aryl methyl sites for hydroxylation is 1. The van der Waals surface area contributed by atoms with Gasteiger partial charge in [0.2, 0.25) is 0 Å². The van der Waals surface area contributed by atoms with E-state index in [9.17, 15) is 0 Å². The van der Waals surface area contributed by atoms with Crippen LogP contribution in [-0.4, -0.2) is 21.9 Å². The van der Waals surface area contributed by atoms with Gasteiger partial charge in [-0.25, -0.2) is 9.67 Å². The highest BCUT2D eigenvalue weighted by Crippen LogP contribution is 2.26. The molecule has 0 aliphatic rings. The van der Waals surface area contributed by atoms with E-state index in [0.29, 0.717) is 17.4 Å². The fraction of sp³-hybridized carbons (Fsp3) is 0.385. The van der Waals surface area contributed by atoms with Crippen LogP contribution >= 0.6 is 0 Å². The minimum absolute atomic E-state index is 0.296. The van der Waals surface area contributed by atoms with Crippen LogP contribution in [0.15, 0.2) is 18.2 Å². The van der Waals surface area contributed by atoms with Gasteiger partial charge < -0.3 is 10.5 Å². The lowest BCUT2D eigenvalue weighted by Crippen LogP contribution is -2.03. The van der Waals surface area contributed by atoms with Crippen molar-refractivity contribution in [3.8, 4) is 11.4 Å². The molecule has 96 valence electrons. The number of benzene rings is 1. The molecule has 0 fully saturated rings. The summed E-state index contributed by atoms with van der Waals surface area (Å²) in [6.07, 6.45) is 0. The Bertz CT molecular complexity index is 560. The monoisotopic (exact) mass is 246 g/mol. The molecule has 0 saturated heterocycles. The standard InChI is InChI=1S/C13H18N4O/c1-8(2)13-15-9(3)17(16-13)11-6-5-10(14)7-12(11)18-4/h5-8H,14H2,1-4H3. The minimum Gasteiger partial charge on any atom is -0.494 e. The zero-order valence-corrected chi connectivity index (χ0v) is 11.1. The van der Waals surface area contributed by atoms with E-state index in [2.05, 4.69) is 23.9 Å². The number of aromatic nitrogens is 3. The van der Waals surface area contributed by atoms with Gasteiger partial charge in [-0.1, -0.05) is 13.8 Å². The van der Waals surface area contributed by atoms with Crippen molar-refractivity contribution in [2.75, 3.05) is 12.8 Å². The zero-order chi connectivity index (χ0) is 13.3. The topological polar surface area (TPSA) is 66.0 Å². The molecular weight excluding hydrogens is 228 g/mol. The van der Waals surface area contributed by atoms with Crippen LogP contribution in [0.25, 0.3) is 5.69 Å². The van der Waals surface area contributed by atoms with E-state index in [1.807, 2.05) is 19.1 Å². The summed E-state index contributed by atoms with van der Waals surface area (Å²) in [4.78, 5) is 4.45. The molecular formula is C13H18N4O. The van der Waals surface area contributed by atoms with E-state index in [-0.39, 0.29) is 0 Å². The lowest BCUT2D eigenvalue weighted by Gasteiger charge is -2.09. The molecule has 5 nitrogen and oxygen atoms in total. The Labute approximate surface area is 107 Å². The highest BCUT2D eigenvalue weighted by atomic mass is 16.5. The lowest BCUT2D eigenvalue weighted by atomic mass is 10.2. The number of hydrogen-bond donors (Lipinski definition) is 1. The number of rotatable bonds is 3. The first-order chi connectivity index (χ1) is 8.52. The molecule has 0 spiro atoms. The molecule has 2 rings (SSSR count). The fourth-order valence-electron chi connectivity index (χ4n) is 1.75. The third-order valence-corrected chi connectivity index (χ3v) is 2.73. The summed E-state index contributed by atoms with van der Waals surface area (Å²) in [5, 5.41) is 4.50. The Kier molecular flexibility index (Phi) is 3.23. The number of nitrogens with zero attached hydrogens (tertiary/aromatic N) is 3. The van der Waals surface area contributed by atoms with Gasteiger partial charge in [-0.3, -0.25) is 0 Å². The van der Waals surface area contributed by atoms with Crippen LogP contribution in [0.3, 0.4) is 0 Å². The second kappa shape index (κ2) is 4.68. The number of nitrogens with two attached hydrogens (primary N) is 1. The normalized spacial score (nSPS) is 10.9. The first-order valence-electron chi connectivity index (χ1n) is 5.90. The molecule has 5 heteroatoms. The largest absolute Gasteiger partial charge is 0.494 e. The molecule has 0 amide bonds. The summed E-state index contributed by atoms with van der Waals surface area (Å²) in [5.74, 6) is 2.65. The summed E-state index contributed by atoms with van der Waals surface area (Å²) in [6, 6.07) is 5.50. The van der Waals surface area contributed by atoms with Crippen molar-refractivity contribution in [3.05, 3.63) is 29.8 Å². The van der Waals surface area contributed by atoms with E-state index in [1.165, 1.54) is 0 Å². The summed E-state index contributed by atoms with van der Waals surface area (Å²) < 4.78 is 7.12. The maximum absolute atomic E-state index is 5.75. The summed E-state index contributed by atoms with van der Waals surface area (Å²) in [7, 11) is 1.62. The predicted molar refractivity (Wildman–Crippen MR) is 71.1 cm³/mol. The van der Waals surface area contributed by atoms with Gasteiger partial charge in [0.1, 0.15) is 17.3 Å². The number of nitrogen functional groups attached to an aromatic ring is 1. The molecule has 0 bridgehead atoms. The third kappa shape index (κ3) is 2.16. The van der Waals surface area contributed by atoms with Gasteiger partial charge >= 0.3 is 0 Å². The van der Waals surface area contributed by atoms with Crippen molar-refractivity contribution in [1.29, 1.82) is 0 Å². The zero-order valence-electron chi connectivity index (χ0n) is 11.1. The second-order valence-electron chi connectivity index (χ2n) is 4.52. The average molecular weight is 246 g/mol. The molecule has 0 aliphatic heterocycles. The summed E-state index contributed by atoms with van der Waals surface area (Å²) in [5.41, 5.74) is 7.26. The number of anilines is 1. The number of ether oxygens (including phenoxy) is 1. The quantitative estimate of drug-likeness (QED) is 0.844. The predicted octanol–water partition coefficient (Wildman–Crippen LogP) is 2.29. The van der Waals surface area contributed by atoms with Gasteiger partial charge in [0.05, 0.1) is 7.11 Å². The lowest BCUT2D eigenvalue weighted by molar-refractivity contribution is 0.411. The molecule has 1 aromatic heterocycles. The number of methoxy groups -OCH3 is 1. The van der Waals surface area contributed by atoms with Crippen LogP contribution in [-0.2, 0) is 0 Å². The van der Waals surface area contributed by atoms with Crippen molar-refractivity contribution >= 4 is 5.69 Å². The molecule has 18 heavy (non-hydrogen) atoms. The van der Waals surface area contributed by atoms with E-state index in [0.717, 1.165) is 17.3 Å². The molecule has 0 atom stereocenters. The average Bonchev–Trinajstić information content (AvgIpc) is 2.71. The van der Waals surface area contributed by atoms with Crippen LogP contribution in [0, 0.1) is 6.92 Å². The van der Waals surface area contributed by atoms with Crippen LogP contribution in [0.1, 0.15) is 31.4 Å². The van der Waals surface area contributed by atoms with Crippen LogP contribution in [0.4, 0.5) is 5.69 Å². The molecule has 2 aromatic rings. The maximum atomic E-state index is 5.75. The van der Waals surface area contributed by atoms with E-state index < -0.39 is 0 Å². The Morgan fingerprint density at radius 1 is 1.33 bits per heavy atom. The van der Waals surface area contributed by atoms with Crippen molar-refractivity contribution < 1.29 is 4.74 Å². The second-order valence-corrected chi connectivity index (χ2v) is 4.52. The van der Waals surface area contributed by atoms with E-state index in [4.69, 9.17) is 10.5 Å². The molecule has 2 N–H and O–H groups in total. The fourth-order valence-corrected chi connectivity index (χ4v) is 1.75. The molecule has 0 aliphatic carbocycles. The molecule has 0 unspecified atom stereocenters. The highest BCUT2D eigenvalue weighted by molar-refractivity contribution is 5.55. The maximum Gasteiger partial charge on any atom is 0.153 e. The van der Waals surface area contributed by atoms with E-state index in [1.54, 1.807) is 17.9 Å². The van der Waals surface area contributed by atoms with Gasteiger partial charge in [0.15, 0.2) is 5.82 Å². The van der Waals surface area contributed by atoms with Crippen molar-refractivity contribution in [3.63, 3.8) is 0 Å². The van der Waals surface area contributed by atoms with Crippen LogP contribution in [0.2, 0.25) is 0 Å². The van der Waals surface area contributed by atoms with Crippen molar-refractivity contribution in [2.24, 2.45) is 0 Å². The SMILES string of the molecule is COc1cc(N)ccc1-n1nc(C(C)C)nc1C. The molecule has 0 saturated carbocycles. The molecule has 1 heterocycles. The Balaban J connectivity index is 2.54. The van der Waals surface area contributed by atoms with Gasteiger partial charge in [-0.15, -0.1) is 0 Å². The highest BCUT2D eigenvalue weighted by Gasteiger charge is 2.14.